The Morgan fingerprint density at radius 2 is 1.88 bits per heavy atom. The summed E-state index contributed by atoms with van der Waals surface area (Å²) in [4.78, 5) is 30.6. The normalized spacial score (nSPS) is 14.2. The van der Waals surface area contributed by atoms with E-state index in [1.807, 2.05) is 40.9 Å². The zero-order valence-corrected chi connectivity index (χ0v) is 25.7. The molecular formula is C33H36N6O3S. The Bertz CT molecular complexity index is 1780. The first kappa shape index (κ1) is 29.0. The lowest BCUT2D eigenvalue weighted by molar-refractivity contribution is -0.117. The molecule has 9 nitrogen and oxygen atoms in total. The minimum Gasteiger partial charge on any atom is -0.476 e. The van der Waals surface area contributed by atoms with E-state index in [1.54, 1.807) is 6.20 Å². The van der Waals surface area contributed by atoms with Crippen molar-refractivity contribution in [2.75, 3.05) is 26.2 Å². The van der Waals surface area contributed by atoms with Gasteiger partial charge < -0.3 is 14.2 Å². The van der Waals surface area contributed by atoms with Crippen molar-refractivity contribution < 1.29 is 14.1 Å². The number of likely N-dealkylation sites (tertiary alicyclic amines) is 1. The number of carbonyl (C=O) groups is 1. The first-order chi connectivity index (χ1) is 20.8. The highest BCUT2D eigenvalue weighted by molar-refractivity contribution is 7.23. The predicted molar refractivity (Wildman–Crippen MR) is 167 cm³/mol. The summed E-state index contributed by atoms with van der Waals surface area (Å²) in [6.07, 6.45) is 9.10. The smallest absolute Gasteiger partial charge is 0.233 e. The average molecular weight is 597 g/mol. The number of hydrogen-bond donors (Lipinski definition) is 0. The average Bonchev–Trinajstić information content (AvgIpc) is 3.70. The number of imidazole rings is 1. The number of ether oxygens (including phenoxy) is 1. The Morgan fingerprint density at radius 3 is 2.65 bits per heavy atom. The summed E-state index contributed by atoms with van der Waals surface area (Å²) in [6, 6.07) is 9.60. The molecule has 10 heteroatoms. The van der Waals surface area contributed by atoms with Gasteiger partial charge in [-0.2, -0.15) is 4.98 Å². The number of Topliss-reactive ketones (excluding diaryl/α,β-unsaturated/α-hetero) is 1. The molecule has 1 fully saturated rings. The molecule has 6 rings (SSSR count). The van der Waals surface area contributed by atoms with Gasteiger partial charge >= 0.3 is 0 Å². The molecule has 0 aliphatic carbocycles. The molecule has 5 heterocycles. The van der Waals surface area contributed by atoms with Gasteiger partial charge in [0.1, 0.15) is 17.2 Å². The Kier molecular flexibility index (Phi) is 8.54. The standard InChI is InChI=1S/C33H36N6O3S/c1-33(2,3)28-20-26(37-42-28)19-27(40)18-24-10-8-23(9-11-24)12-13-25-22-39-30-31(43-32(39)35-25)36-29(21-34-30)41-17-7-16-38-14-5-4-6-15-38/h8-11,20-22H,4-7,14-19H2,1-3H3. The lowest BCUT2D eigenvalue weighted by Crippen LogP contribution is -2.31. The quantitative estimate of drug-likeness (QED) is 0.159. The molecule has 4 aromatic heterocycles. The van der Waals surface area contributed by atoms with E-state index in [9.17, 15) is 4.79 Å². The third-order valence-corrected chi connectivity index (χ3v) is 8.41. The van der Waals surface area contributed by atoms with Crippen molar-refractivity contribution in [1.29, 1.82) is 0 Å². The number of fused-ring (bicyclic) bond motifs is 3. The Morgan fingerprint density at radius 1 is 1.07 bits per heavy atom. The maximum Gasteiger partial charge on any atom is 0.233 e. The zero-order chi connectivity index (χ0) is 29.8. The molecule has 0 atom stereocenters. The molecule has 1 saturated heterocycles. The van der Waals surface area contributed by atoms with Gasteiger partial charge in [0, 0.05) is 36.2 Å². The third-order valence-electron chi connectivity index (χ3n) is 7.47. The van der Waals surface area contributed by atoms with E-state index in [0.29, 0.717) is 30.3 Å². The maximum absolute atomic E-state index is 12.6. The Hall–Kier alpha value is -4.07. The van der Waals surface area contributed by atoms with Crippen LogP contribution in [0.4, 0.5) is 0 Å². The molecule has 0 radical (unpaired) electrons. The van der Waals surface area contributed by atoms with E-state index in [4.69, 9.17) is 9.26 Å². The minimum absolute atomic E-state index is 0.0903. The van der Waals surface area contributed by atoms with Gasteiger partial charge in [-0.3, -0.25) is 9.20 Å². The second kappa shape index (κ2) is 12.7. The van der Waals surface area contributed by atoms with E-state index in [2.05, 4.69) is 57.6 Å². The van der Waals surface area contributed by atoms with Gasteiger partial charge in [-0.05, 0) is 56.0 Å². The molecule has 43 heavy (non-hydrogen) atoms. The number of rotatable bonds is 9. The number of carbonyl (C=O) groups excluding carboxylic acids is 1. The fraction of sp³-hybridized carbons (Fsp3) is 0.424. The van der Waals surface area contributed by atoms with Crippen molar-refractivity contribution in [2.45, 2.75) is 64.7 Å². The summed E-state index contributed by atoms with van der Waals surface area (Å²) < 4.78 is 13.2. The lowest BCUT2D eigenvalue weighted by atomic mass is 9.93. The molecule has 0 N–H and O–H groups in total. The number of piperidine rings is 1. The van der Waals surface area contributed by atoms with Crippen molar-refractivity contribution in [3.8, 4) is 17.7 Å². The van der Waals surface area contributed by atoms with Crippen LogP contribution in [0.25, 0.3) is 15.4 Å². The number of aromatic nitrogens is 5. The van der Waals surface area contributed by atoms with E-state index in [1.165, 1.54) is 43.7 Å². The van der Waals surface area contributed by atoms with Gasteiger partial charge in [0.05, 0.1) is 24.9 Å². The topological polar surface area (TPSA) is 98.7 Å². The number of thiazole rings is 1. The molecule has 5 aromatic rings. The highest BCUT2D eigenvalue weighted by Gasteiger charge is 2.20. The lowest BCUT2D eigenvalue weighted by Gasteiger charge is -2.26. The second-order valence-corrected chi connectivity index (χ2v) is 13.0. The molecule has 0 saturated carbocycles. The van der Waals surface area contributed by atoms with Crippen LogP contribution in [0.5, 0.6) is 5.88 Å². The Balaban J connectivity index is 1.03. The van der Waals surface area contributed by atoms with Crippen molar-refractivity contribution in [2.24, 2.45) is 0 Å². The van der Waals surface area contributed by atoms with Crippen molar-refractivity contribution in [3.63, 3.8) is 0 Å². The number of benzene rings is 1. The van der Waals surface area contributed by atoms with Gasteiger partial charge in [-0.25, -0.2) is 9.97 Å². The molecule has 0 spiro atoms. The van der Waals surface area contributed by atoms with E-state index in [-0.39, 0.29) is 17.6 Å². The van der Waals surface area contributed by atoms with Crippen molar-refractivity contribution >= 4 is 32.6 Å². The van der Waals surface area contributed by atoms with Gasteiger partial charge in [0.2, 0.25) is 5.88 Å². The van der Waals surface area contributed by atoms with Gasteiger partial charge in [-0.15, -0.1) is 0 Å². The molecular weight excluding hydrogens is 560 g/mol. The number of nitrogens with zero attached hydrogens (tertiary/aromatic N) is 6. The highest BCUT2D eigenvalue weighted by Crippen LogP contribution is 2.25. The summed E-state index contributed by atoms with van der Waals surface area (Å²) in [5, 5.41) is 4.06. The van der Waals surface area contributed by atoms with Crippen LogP contribution in [0.1, 0.15) is 74.7 Å². The summed E-state index contributed by atoms with van der Waals surface area (Å²) in [6.45, 7) is 10.3. The van der Waals surface area contributed by atoms with Crippen LogP contribution in [-0.2, 0) is 23.1 Å². The zero-order valence-electron chi connectivity index (χ0n) is 24.9. The molecule has 1 aliphatic rings. The summed E-state index contributed by atoms with van der Waals surface area (Å²) in [5.41, 5.74) is 3.73. The molecule has 1 aliphatic heterocycles. The fourth-order valence-corrected chi connectivity index (χ4v) is 6.05. The highest BCUT2D eigenvalue weighted by atomic mass is 32.1. The SMILES string of the molecule is CC(C)(C)c1cc(CC(=O)Cc2ccc(C#Cc3cn4c(n3)sc3nc(OCCCN5CCCCC5)cnc34)cc2)no1. The van der Waals surface area contributed by atoms with Gasteiger partial charge in [0.15, 0.2) is 15.4 Å². The third kappa shape index (κ3) is 7.29. The first-order valence-electron chi connectivity index (χ1n) is 14.9. The number of hydrogen-bond acceptors (Lipinski definition) is 9. The molecule has 0 bridgehead atoms. The van der Waals surface area contributed by atoms with Crippen LogP contribution in [0.15, 0.2) is 47.2 Å². The van der Waals surface area contributed by atoms with Crippen LogP contribution < -0.4 is 4.74 Å². The van der Waals surface area contributed by atoms with Gasteiger partial charge in [-0.1, -0.05) is 61.7 Å². The van der Waals surface area contributed by atoms with Crippen molar-refractivity contribution in [1.82, 2.24) is 29.4 Å². The van der Waals surface area contributed by atoms with Crippen molar-refractivity contribution in [3.05, 3.63) is 71.0 Å². The minimum atomic E-state index is -0.134. The monoisotopic (exact) mass is 596 g/mol. The number of ketones is 1. The van der Waals surface area contributed by atoms with Crippen LogP contribution in [0.2, 0.25) is 0 Å². The summed E-state index contributed by atoms with van der Waals surface area (Å²) in [7, 11) is 0. The molecule has 0 amide bonds. The Labute approximate surface area is 255 Å². The molecule has 0 unspecified atom stereocenters. The van der Waals surface area contributed by atoms with Crippen LogP contribution in [-0.4, -0.2) is 61.4 Å². The second-order valence-electron chi connectivity index (χ2n) is 12.1. The van der Waals surface area contributed by atoms with E-state index < -0.39 is 0 Å². The summed E-state index contributed by atoms with van der Waals surface area (Å²) >= 11 is 1.47. The van der Waals surface area contributed by atoms with Gasteiger partial charge in [0.25, 0.3) is 0 Å². The van der Waals surface area contributed by atoms with Crippen LogP contribution >= 0.6 is 11.3 Å². The molecule has 222 valence electrons. The van der Waals surface area contributed by atoms with Crippen LogP contribution in [0, 0.1) is 11.8 Å². The summed E-state index contributed by atoms with van der Waals surface area (Å²) in [5.74, 6) is 7.74. The predicted octanol–water partition coefficient (Wildman–Crippen LogP) is 5.63. The maximum atomic E-state index is 12.6. The first-order valence-corrected chi connectivity index (χ1v) is 15.7. The van der Waals surface area contributed by atoms with E-state index in [0.717, 1.165) is 45.3 Å². The van der Waals surface area contributed by atoms with Crippen LogP contribution in [0.3, 0.4) is 0 Å². The molecule has 1 aromatic carbocycles. The largest absolute Gasteiger partial charge is 0.476 e. The van der Waals surface area contributed by atoms with E-state index >= 15 is 0 Å². The fourth-order valence-electron chi connectivity index (χ4n) is 5.12.